The molecule has 0 aromatic rings. The third kappa shape index (κ3) is 3.75. The maximum Gasteiger partial charge on any atom is 0.330 e. The highest BCUT2D eigenvalue weighted by Crippen LogP contribution is 2.01. The predicted octanol–water partition coefficient (Wildman–Crippen LogP) is -0.382. The van der Waals surface area contributed by atoms with Crippen LogP contribution in [0.2, 0.25) is 0 Å². The highest BCUT2D eigenvalue weighted by atomic mass is 16.4. The Hall–Kier alpha value is -0.870. The van der Waals surface area contributed by atoms with Crippen LogP contribution < -0.4 is 0 Å². The van der Waals surface area contributed by atoms with Gasteiger partial charge >= 0.3 is 5.97 Å². The second-order valence-electron chi connectivity index (χ2n) is 2.28. The topological polar surface area (TPSA) is 77.8 Å². The third-order valence-corrected chi connectivity index (χ3v) is 1.29. The summed E-state index contributed by atoms with van der Waals surface area (Å²) < 4.78 is 0. The number of carbonyl (C=O) groups is 1. The molecule has 0 heterocycles. The molecule has 0 rings (SSSR count). The van der Waals surface area contributed by atoms with Crippen LogP contribution in [0.15, 0.2) is 11.6 Å². The highest BCUT2D eigenvalue weighted by molar-refractivity contribution is 5.85. The van der Waals surface area contributed by atoms with E-state index in [2.05, 4.69) is 0 Å². The van der Waals surface area contributed by atoms with E-state index < -0.39 is 11.9 Å². The number of carboxylic acids is 1. The number of aliphatic carboxylic acids is 1. The minimum Gasteiger partial charge on any atom is -0.478 e. The maximum absolute atomic E-state index is 10.2. The molecule has 0 bridgehead atoms. The fourth-order valence-electron chi connectivity index (χ4n) is 0.588. The maximum atomic E-state index is 10.2. The minimum absolute atomic E-state index is 0.137. The number of carboxylic acid groups (broad SMARTS) is 1. The van der Waals surface area contributed by atoms with Gasteiger partial charge in [-0.1, -0.05) is 6.08 Å². The molecule has 4 heteroatoms. The zero-order valence-electron chi connectivity index (χ0n) is 6.32. The molecule has 11 heavy (non-hydrogen) atoms. The smallest absolute Gasteiger partial charge is 0.330 e. The summed E-state index contributed by atoms with van der Waals surface area (Å²) in [6.45, 7) is 0.947. The van der Waals surface area contributed by atoms with Crippen LogP contribution in [0, 0.1) is 5.92 Å². The second kappa shape index (κ2) is 4.87. The Labute approximate surface area is 64.8 Å². The molecule has 3 N–H and O–H groups in total. The lowest BCUT2D eigenvalue weighted by molar-refractivity contribution is -0.132. The van der Waals surface area contributed by atoms with E-state index in [0.29, 0.717) is 0 Å². The Morgan fingerprint density at radius 2 is 1.91 bits per heavy atom. The van der Waals surface area contributed by atoms with Gasteiger partial charge in [0, 0.05) is 11.5 Å². The van der Waals surface area contributed by atoms with Crippen LogP contribution in [-0.2, 0) is 4.79 Å². The van der Waals surface area contributed by atoms with Gasteiger partial charge in [-0.2, -0.15) is 0 Å². The Bertz CT molecular complexity index is 158. The van der Waals surface area contributed by atoms with Crippen LogP contribution in [-0.4, -0.2) is 34.5 Å². The summed E-state index contributed by atoms with van der Waals surface area (Å²) in [5.74, 6) is -1.50. The monoisotopic (exact) mass is 160 g/mol. The van der Waals surface area contributed by atoms with Crippen LogP contribution in [0.5, 0.6) is 0 Å². The van der Waals surface area contributed by atoms with Crippen molar-refractivity contribution in [1.29, 1.82) is 0 Å². The number of aliphatic hydroxyl groups excluding tert-OH is 2. The molecule has 0 atom stereocenters. The fourth-order valence-corrected chi connectivity index (χ4v) is 0.588. The van der Waals surface area contributed by atoms with Crippen molar-refractivity contribution in [1.82, 2.24) is 0 Å². The van der Waals surface area contributed by atoms with E-state index in [9.17, 15) is 4.79 Å². The lowest BCUT2D eigenvalue weighted by Gasteiger charge is -2.04. The summed E-state index contributed by atoms with van der Waals surface area (Å²) in [5, 5.41) is 25.5. The van der Waals surface area contributed by atoms with Crippen LogP contribution in [0.25, 0.3) is 0 Å². The molecule has 0 unspecified atom stereocenters. The molecule has 64 valence electrons. The molecule has 4 nitrogen and oxygen atoms in total. The van der Waals surface area contributed by atoms with Crippen LogP contribution in [0.4, 0.5) is 0 Å². The molecule has 0 spiro atoms. The Balaban J connectivity index is 4.14. The van der Waals surface area contributed by atoms with Gasteiger partial charge in [-0.15, -0.1) is 0 Å². The van der Waals surface area contributed by atoms with Crippen LogP contribution in [0.3, 0.4) is 0 Å². The van der Waals surface area contributed by atoms with E-state index in [1.807, 2.05) is 0 Å². The molecule has 0 saturated heterocycles. The lowest BCUT2D eigenvalue weighted by atomic mass is 10.1. The van der Waals surface area contributed by atoms with Crippen molar-refractivity contribution in [2.45, 2.75) is 6.92 Å². The van der Waals surface area contributed by atoms with E-state index in [1.165, 1.54) is 13.0 Å². The molecular weight excluding hydrogens is 148 g/mol. The zero-order valence-corrected chi connectivity index (χ0v) is 6.32. The van der Waals surface area contributed by atoms with Crippen molar-refractivity contribution in [3.8, 4) is 0 Å². The van der Waals surface area contributed by atoms with Crippen LogP contribution >= 0.6 is 0 Å². The minimum atomic E-state index is -1.03. The van der Waals surface area contributed by atoms with Crippen molar-refractivity contribution in [3.05, 3.63) is 11.6 Å². The van der Waals surface area contributed by atoms with Gasteiger partial charge in [-0.25, -0.2) is 4.79 Å². The Kier molecular flexibility index (Phi) is 4.49. The third-order valence-electron chi connectivity index (χ3n) is 1.29. The fraction of sp³-hybridized carbons (Fsp3) is 0.571. The average Bonchev–Trinajstić information content (AvgIpc) is 1.99. The lowest BCUT2D eigenvalue weighted by Crippen LogP contribution is -2.10. The quantitative estimate of drug-likeness (QED) is 0.490. The number of aliphatic hydroxyl groups is 2. The highest BCUT2D eigenvalue weighted by Gasteiger charge is 2.05. The summed E-state index contributed by atoms with van der Waals surface area (Å²) in [7, 11) is 0. The normalized spacial score (nSPS) is 12.2. The Morgan fingerprint density at radius 1 is 1.45 bits per heavy atom. The first kappa shape index (κ1) is 10.1. The summed E-state index contributed by atoms with van der Waals surface area (Å²) in [4.78, 5) is 10.2. The summed E-state index contributed by atoms with van der Waals surface area (Å²) in [6.07, 6.45) is 1.34. The molecule has 0 aromatic carbocycles. The second-order valence-corrected chi connectivity index (χ2v) is 2.28. The first-order valence-corrected chi connectivity index (χ1v) is 3.25. The number of rotatable bonds is 4. The zero-order chi connectivity index (χ0) is 8.85. The van der Waals surface area contributed by atoms with Gasteiger partial charge in [0.15, 0.2) is 0 Å². The van der Waals surface area contributed by atoms with Crippen LogP contribution in [0.1, 0.15) is 6.92 Å². The molecule has 0 aliphatic rings. The summed E-state index contributed by atoms with van der Waals surface area (Å²) >= 11 is 0. The average molecular weight is 160 g/mol. The molecular formula is C7H12O4. The van der Waals surface area contributed by atoms with E-state index >= 15 is 0 Å². The standard InChI is InChI=1S/C7H12O4/c1-5(7(10)11)2-6(3-8)4-9/h2,6,8-9H,3-4H2,1H3,(H,10,11)/b5-2+. The summed E-state index contributed by atoms with van der Waals surface area (Å²) in [6, 6.07) is 0. The van der Waals surface area contributed by atoms with Gasteiger partial charge in [0.25, 0.3) is 0 Å². The molecule has 0 aromatic heterocycles. The molecule has 0 saturated carbocycles. The molecule has 0 aliphatic carbocycles. The number of hydrogen-bond donors (Lipinski definition) is 3. The largest absolute Gasteiger partial charge is 0.478 e. The van der Waals surface area contributed by atoms with Gasteiger partial charge in [0.2, 0.25) is 0 Å². The van der Waals surface area contributed by atoms with Crippen molar-refractivity contribution >= 4 is 5.97 Å². The molecule has 0 fully saturated rings. The van der Waals surface area contributed by atoms with Gasteiger partial charge in [-0.3, -0.25) is 0 Å². The van der Waals surface area contributed by atoms with Gasteiger partial charge in [0.05, 0.1) is 13.2 Å². The molecule has 0 aliphatic heterocycles. The number of hydrogen-bond acceptors (Lipinski definition) is 3. The van der Waals surface area contributed by atoms with Gasteiger partial charge in [-0.05, 0) is 6.92 Å². The van der Waals surface area contributed by atoms with Crippen molar-refractivity contribution in [2.24, 2.45) is 5.92 Å². The molecule has 0 amide bonds. The van der Waals surface area contributed by atoms with Crippen molar-refractivity contribution in [2.75, 3.05) is 13.2 Å². The van der Waals surface area contributed by atoms with E-state index in [-0.39, 0.29) is 18.8 Å². The van der Waals surface area contributed by atoms with Gasteiger partial charge in [0.1, 0.15) is 0 Å². The Morgan fingerprint density at radius 3 is 2.18 bits per heavy atom. The SMILES string of the molecule is C/C(=C\C(CO)CO)C(=O)O. The predicted molar refractivity (Wildman–Crippen MR) is 39.1 cm³/mol. The molecule has 0 radical (unpaired) electrons. The van der Waals surface area contributed by atoms with Gasteiger partial charge < -0.3 is 15.3 Å². The first-order chi connectivity index (χ1) is 5.11. The van der Waals surface area contributed by atoms with E-state index in [0.717, 1.165) is 0 Å². The van der Waals surface area contributed by atoms with E-state index in [4.69, 9.17) is 15.3 Å². The van der Waals surface area contributed by atoms with Crippen molar-refractivity contribution in [3.63, 3.8) is 0 Å². The van der Waals surface area contributed by atoms with E-state index in [1.54, 1.807) is 0 Å². The first-order valence-electron chi connectivity index (χ1n) is 3.25. The summed E-state index contributed by atoms with van der Waals surface area (Å²) in [5.41, 5.74) is 0.137. The van der Waals surface area contributed by atoms with Crippen molar-refractivity contribution < 1.29 is 20.1 Å².